The Morgan fingerprint density at radius 1 is 1.20 bits per heavy atom. The Kier molecular flexibility index (Phi) is 7.40. The van der Waals surface area contributed by atoms with Crippen LogP contribution in [0.25, 0.3) is 0 Å². The number of carbonyl (C=O) groups is 1. The molecule has 1 heterocycles. The number of piperidine rings is 1. The normalized spacial score (nSPS) is 18.4. The minimum atomic E-state index is -1.19. The number of hydrogen-bond acceptors (Lipinski definition) is 5. The zero-order chi connectivity index (χ0) is 21.7. The number of carbonyl (C=O) groups excluding carboxylic acids is 1. The molecule has 3 rings (SSSR count). The van der Waals surface area contributed by atoms with Gasteiger partial charge in [0, 0.05) is 24.2 Å². The highest BCUT2D eigenvalue weighted by atomic mass is 35.5. The van der Waals surface area contributed by atoms with Crippen molar-refractivity contribution in [3.63, 3.8) is 0 Å². The van der Waals surface area contributed by atoms with Crippen LogP contribution in [0.1, 0.15) is 49.8 Å². The van der Waals surface area contributed by atoms with Crippen LogP contribution in [0.15, 0.2) is 48.5 Å². The zero-order valence-corrected chi connectivity index (χ0v) is 18.6. The molecular weight excluding hydrogens is 402 g/mol. The van der Waals surface area contributed by atoms with Crippen LogP contribution in [0.3, 0.4) is 0 Å². The average Bonchev–Trinajstić information content (AvgIpc) is 2.74. The van der Waals surface area contributed by atoms with Gasteiger partial charge in [0.15, 0.2) is 0 Å². The highest BCUT2D eigenvalue weighted by molar-refractivity contribution is 6.31. The van der Waals surface area contributed by atoms with E-state index < -0.39 is 17.5 Å². The Hall–Kier alpha value is -2.08. The predicted octanol–water partition coefficient (Wildman–Crippen LogP) is 4.58. The summed E-state index contributed by atoms with van der Waals surface area (Å²) in [6, 6.07) is 15.3. The Morgan fingerprint density at radius 2 is 1.90 bits per heavy atom. The number of halogens is 1. The molecule has 0 radical (unpaired) electrons. The van der Waals surface area contributed by atoms with E-state index >= 15 is 0 Å². The number of rotatable bonds is 7. The van der Waals surface area contributed by atoms with E-state index in [0.717, 1.165) is 10.6 Å². The van der Waals surface area contributed by atoms with Gasteiger partial charge in [0.05, 0.1) is 19.3 Å². The lowest BCUT2D eigenvalue weighted by atomic mass is 9.75. The van der Waals surface area contributed by atoms with Crippen LogP contribution in [0, 0.1) is 0 Å². The molecule has 1 aliphatic rings. The zero-order valence-electron chi connectivity index (χ0n) is 17.8. The molecule has 0 aliphatic carbocycles. The lowest BCUT2D eigenvalue weighted by Gasteiger charge is -2.44. The summed E-state index contributed by atoms with van der Waals surface area (Å²) in [5.74, 6) is -0.513. The van der Waals surface area contributed by atoms with Gasteiger partial charge in [-0.3, -0.25) is 9.69 Å². The molecule has 2 aromatic rings. The standard InChI is InChI=1S/C24H30ClNO4/c1-4-30-23(27)22(18-8-7-9-19(16-18)29-3)24(28)12-14-26(15-13-24)17(2)20-10-5-6-11-21(20)25/h5-11,16-17,22,28H,4,12-15H2,1-3H3. The Labute approximate surface area is 183 Å². The van der Waals surface area contributed by atoms with Crippen molar-refractivity contribution >= 4 is 17.6 Å². The van der Waals surface area contributed by atoms with Gasteiger partial charge in [-0.1, -0.05) is 41.9 Å². The molecule has 0 spiro atoms. The number of aliphatic hydroxyl groups is 1. The summed E-state index contributed by atoms with van der Waals surface area (Å²) in [5.41, 5.74) is 0.595. The van der Waals surface area contributed by atoms with Gasteiger partial charge >= 0.3 is 5.97 Å². The maximum absolute atomic E-state index is 12.9. The molecule has 0 saturated carbocycles. The maximum atomic E-state index is 12.9. The van der Waals surface area contributed by atoms with E-state index in [4.69, 9.17) is 21.1 Å². The molecule has 1 fully saturated rings. The number of benzene rings is 2. The first-order chi connectivity index (χ1) is 14.4. The summed E-state index contributed by atoms with van der Waals surface area (Å²) in [7, 11) is 1.59. The van der Waals surface area contributed by atoms with Crippen molar-refractivity contribution in [2.75, 3.05) is 26.8 Å². The average molecular weight is 432 g/mol. The van der Waals surface area contributed by atoms with Crippen LogP contribution >= 0.6 is 11.6 Å². The fourth-order valence-corrected chi connectivity index (χ4v) is 4.60. The van der Waals surface area contributed by atoms with Gasteiger partial charge < -0.3 is 14.6 Å². The first-order valence-electron chi connectivity index (χ1n) is 10.4. The lowest BCUT2D eigenvalue weighted by molar-refractivity contribution is -0.155. The molecule has 0 amide bonds. The van der Waals surface area contributed by atoms with E-state index in [2.05, 4.69) is 11.8 Å². The van der Waals surface area contributed by atoms with Gasteiger partial charge in [0.1, 0.15) is 11.7 Å². The third-order valence-electron chi connectivity index (χ3n) is 6.05. The highest BCUT2D eigenvalue weighted by Gasteiger charge is 2.46. The van der Waals surface area contributed by atoms with Crippen molar-refractivity contribution in [2.24, 2.45) is 0 Å². The van der Waals surface area contributed by atoms with Crippen molar-refractivity contribution in [2.45, 2.75) is 44.2 Å². The molecule has 162 valence electrons. The molecule has 5 nitrogen and oxygen atoms in total. The van der Waals surface area contributed by atoms with Gasteiger partial charge in [-0.25, -0.2) is 0 Å². The molecule has 0 bridgehead atoms. The van der Waals surface area contributed by atoms with E-state index in [1.54, 1.807) is 20.1 Å². The van der Waals surface area contributed by atoms with Gasteiger partial charge in [-0.2, -0.15) is 0 Å². The van der Waals surface area contributed by atoms with Gasteiger partial charge in [-0.05, 0) is 56.0 Å². The van der Waals surface area contributed by atoms with Crippen molar-refractivity contribution in [3.8, 4) is 5.75 Å². The molecule has 30 heavy (non-hydrogen) atoms. The number of methoxy groups -OCH3 is 1. The minimum Gasteiger partial charge on any atom is -0.497 e. The fraction of sp³-hybridized carbons (Fsp3) is 0.458. The molecule has 1 saturated heterocycles. The molecule has 1 aliphatic heterocycles. The van der Waals surface area contributed by atoms with E-state index in [-0.39, 0.29) is 12.6 Å². The van der Waals surface area contributed by atoms with Crippen LogP contribution in [0.4, 0.5) is 0 Å². The van der Waals surface area contributed by atoms with Crippen molar-refractivity contribution in [1.29, 1.82) is 0 Å². The number of likely N-dealkylation sites (tertiary alicyclic amines) is 1. The van der Waals surface area contributed by atoms with E-state index in [1.165, 1.54) is 0 Å². The van der Waals surface area contributed by atoms with Crippen molar-refractivity contribution in [1.82, 2.24) is 4.90 Å². The summed E-state index contributed by atoms with van der Waals surface area (Å²) in [4.78, 5) is 15.2. The number of esters is 1. The predicted molar refractivity (Wildman–Crippen MR) is 118 cm³/mol. The quantitative estimate of drug-likeness (QED) is 0.650. The lowest BCUT2D eigenvalue weighted by Crippen LogP contribution is -2.50. The van der Waals surface area contributed by atoms with Crippen molar-refractivity contribution in [3.05, 3.63) is 64.7 Å². The molecule has 0 aromatic heterocycles. The smallest absolute Gasteiger partial charge is 0.316 e. The SMILES string of the molecule is CCOC(=O)C(c1cccc(OC)c1)C1(O)CCN(C(C)c2ccccc2Cl)CC1. The summed E-state index contributed by atoms with van der Waals surface area (Å²) in [6.07, 6.45) is 0.922. The number of nitrogens with zero attached hydrogens (tertiary/aromatic N) is 1. The first-order valence-corrected chi connectivity index (χ1v) is 10.8. The Morgan fingerprint density at radius 3 is 2.53 bits per heavy atom. The van der Waals surface area contributed by atoms with Crippen LogP contribution in [0.5, 0.6) is 5.75 Å². The maximum Gasteiger partial charge on any atom is 0.316 e. The summed E-state index contributed by atoms with van der Waals surface area (Å²) in [5, 5.41) is 12.3. The van der Waals surface area contributed by atoms with Crippen LogP contribution in [-0.2, 0) is 9.53 Å². The molecular formula is C24H30ClNO4. The van der Waals surface area contributed by atoms with Gasteiger partial charge in [0.2, 0.25) is 0 Å². The van der Waals surface area contributed by atoms with E-state index in [9.17, 15) is 9.90 Å². The number of ether oxygens (including phenoxy) is 2. The Balaban J connectivity index is 1.81. The molecule has 6 heteroatoms. The van der Waals surface area contributed by atoms with E-state index in [0.29, 0.717) is 37.2 Å². The highest BCUT2D eigenvalue weighted by Crippen LogP contribution is 2.41. The summed E-state index contributed by atoms with van der Waals surface area (Å²) in [6.45, 7) is 5.48. The molecule has 1 N–H and O–H groups in total. The fourth-order valence-electron chi connectivity index (χ4n) is 4.31. The van der Waals surface area contributed by atoms with Gasteiger partial charge in [0.25, 0.3) is 0 Å². The van der Waals surface area contributed by atoms with Crippen LogP contribution in [0.2, 0.25) is 5.02 Å². The molecule has 2 unspecified atom stereocenters. The Bertz CT molecular complexity index is 864. The minimum absolute atomic E-state index is 0.126. The summed E-state index contributed by atoms with van der Waals surface area (Å²) < 4.78 is 10.7. The molecule has 2 aromatic carbocycles. The third kappa shape index (κ3) is 4.80. The first kappa shape index (κ1) is 22.6. The largest absolute Gasteiger partial charge is 0.497 e. The van der Waals surface area contributed by atoms with Crippen LogP contribution < -0.4 is 4.74 Å². The second-order valence-corrected chi connectivity index (χ2v) is 8.21. The third-order valence-corrected chi connectivity index (χ3v) is 6.40. The second-order valence-electron chi connectivity index (χ2n) is 7.80. The number of hydrogen-bond donors (Lipinski definition) is 1. The second kappa shape index (κ2) is 9.82. The molecule has 2 atom stereocenters. The monoisotopic (exact) mass is 431 g/mol. The van der Waals surface area contributed by atoms with E-state index in [1.807, 2.05) is 42.5 Å². The van der Waals surface area contributed by atoms with Crippen molar-refractivity contribution < 1.29 is 19.4 Å². The van der Waals surface area contributed by atoms with Crippen LogP contribution in [-0.4, -0.2) is 48.4 Å². The van der Waals surface area contributed by atoms with Gasteiger partial charge in [-0.15, -0.1) is 0 Å². The topological polar surface area (TPSA) is 59.0 Å². The summed E-state index contributed by atoms with van der Waals surface area (Å²) >= 11 is 6.38.